The smallest absolute Gasteiger partial charge is 0.250 e. The molecule has 0 saturated heterocycles. The lowest BCUT2D eigenvalue weighted by Gasteiger charge is -2.37. The molecule has 0 unspecified atom stereocenters. The van der Waals surface area contributed by atoms with Crippen molar-refractivity contribution in [3.8, 4) is 11.5 Å². The molecule has 0 N–H and O–H groups in total. The second-order valence-electron chi connectivity index (χ2n) is 8.57. The number of benzene rings is 1. The van der Waals surface area contributed by atoms with Gasteiger partial charge in [0.25, 0.3) is 8.32 Å². The average Bonchev–Trinajstić information content (AvgIpc) is 2.54. The van der Waals surface area contributed by atoms with Crippen LogP contribution < -0.4 is 9.16 Å². The van der Waals surface area contributed by atoms with E-state index in [1.165, 1.54) is 0 Å². The summed E-state index contributed by atoms with van der Waals surface area (Å²) >= 11 is 0. The van der Waals surface area contributed by atoms with Crippen molar-refractivity contribution in [3.05, 3.63) is 29.8 Å². The Hall–Kier alpha value is -1.42. The summed E-state index contributed by atoms with van der Waals surface area (Å²) in [5.74, 6) is 3.13. The first kappa shape index (κ1) is 19.9. The molecule has 1 aromatic carbocycles. The van der Waals surface area contributed by atoms with Gasteiger partial charge in [0.2, 0.25) is 0 Å². The first-order chi connectivity index (χ1) is 11.6. The SMILES string of the molecule is CC[C@H]1OC(c2ccc(OC)c(O[Si](C)(C)C(C)(C)C)c2)=CC[C@@H]1C. The number of methoxy groups -OCH3 is 1. The van der Waals surface area contributed by atoms with E-state index in [-0.39, 0.29) is 11.1 Å². The number of hydrogen-bond donors (Lipinski definition) is 0. The van der Waals surface area contributed by atoms with Gasteiger partial charge in [-0.15, -0.1) is 0 Å². The van der Waals surface area contributed by atoms with Crippen molar-refractivity contribution in [2.24, 2.45) is 5.92 Å². The van der Waals surface area contributed by atoms with Crippen LogP contribution in [0.15, 0.2) is 24.3 Å². The van der Waals surface area contributed by atoms with Crippen LogP contribution in [-0.2, 0) is 4.74 Å². The Morgan fingerprint density at radius 2 is 1.88 bits per heavy atom. The third-order valence-electron chi connectivity index (χ3n) is 5.61. The molecule has 0 fully saturated rings. The fraction of sp³-hybridized carbons (Fsp3) is 0.619. The van der Waals surface area contributed by atoms with Crippen molar-refractivity contribution < 1.29 is 13.9 Å². The molecular weight excluding hydrogens is 328 g/mol. The largest absolute Gasteiger partial charge is 0.541 e. The Morgan fingerprint density at radius 1 is 1.20 bits per heavy atom. The molecule has 2 rings (SSSR count). The van der Waals surface area contributed by atoms with Crippen LogP contribution in [-0.4, -0.2) is 21.5 Å². The van der Waals surface area contributed by atoms with Crippen LogP contribution >= 0.6 is 0 Å². The maximum Gasteiger partial charge on any atom is 0.250 e. The fourth-order valence-electron chi connectivity index (χ4n) is 2.78. The molecule has 2 atom stereocenters. The second kappa shape index (κ2) is 7.44. The number of allylic oxidation sites excluding steroid dienone is 1. The summed E-state index contributed by atoms with van der Waals surface area (Å²) < 4.78 is 18.3. The summed E-state index contributed by atoms with van der Waals surface area (Å²) in [7, 11) is -0.244. The highest BCUT2D eigenvalue weighted by Crippen LogP contribution is 2.41. The topological polar surface area (TPSA) is 27.7 Å². The molecule has 0 amide bonds. The lowest BCUT2D eigenvalue weighted by Crippen LogP contribution is -2.43. The molecule has 0 radical (unpaired) electrons. The molecular formula is C21H34O3Si. The minimum atomic E-state index is -1.94. The fourth-order valence-corrected chi connectivity index (χ4v) is 3.80. The van der Waals surface area contributed by atoms with Crippen molar-refractivity contribution in [3.63, 3.8) is 0 Å². The zero-order valence-corrected chi connectivity index (χ0v) is 18.1. The maximum absolute atomic E-state index is 6.53. The van der Waals surface area contributed by atoms with E-state index in [1.807, 2.05) is 6.07 Å². The predicted molar refractivity (Wildman–Crippen MR) is 108 cm³/mol. The van der Waals surface area contributed by atoms with E-state index in [0.717, 1.165) is 35.7 Å². The number of ether oxygens (including phenoxy) is 2. The van der Waals surface area contributed by atoms with Crippen LogP contribution in [0.5, 0.6) is 11.5 Å². The first-order valence-electron chi connectivity index (χ1n) is 9.33. The lowest BCUT2D eigenvalue weighted by atomic mass is 9.95. The van der Waals surface area contributed by atoms with Gasteiger partial charge in [0.1, 0.15) is 17.6 Å². The Kier molecular flexibility index (Phi) is 5.92. The van der Waals surface area contributed by atoms with Crippen LogP contribution in [0.25, 0.3) is 5.76 Å². The van der Waals surface area contributed by atoms with E-state index >= 15 is 0 Å². The van der Waals surface area contributed by atoms with Crippen molar-refractivity contribution in [1.82, 2.24) is 0 Å². The standard InChI is InChI=1S/C21H34O3Si/c1-9-17-15(2)10-12-18(23-17)16-11-13-19(22-6)20(14-16)24-25(7,8)21(3,4)5/h11-15,17H,9-10H2,1-8H3/t15-,17+/m0/s1. The first-order valence-corrected chi connectivity index (χ1v) is 12.2. The van der Waals surface area contributed by atoms with Gasteiger partial charge >= 0.3 is 0 Å². The summed E-state index contributed by atoms with van der Waals surface area (Å²) in [6.07, 6.45) is 4.57. The van der Waals surface area contributed by atoms with E-state index in [9.17, 15) is 0 Å². The van der Waals surface area contributed by atoms with Crippen molar-refractivity contribution >= 4 is 14.1 Å². The molecule has 1 aliphatic heterocycles. The molecule has 1 heterocycles. The van der Waals surface area contributed by atoms with Crippen molar-refractivity contribution in [2.45, 2.75) is 71.7 Å². The Morgan fingerprint density at radius 3 is 2.44 bits per heavy atom. The van der Waals surface area contributed by atoms with Gasteiger partial charge in [0.15, 0.2) is 5.75 Å². The third kappa shape index (κ3) is 4.41. The lowest BCUT2D eigenvalue weighted by molar-refractivity contribution is 0.0966. The van der Waals surface area contributed by atoms with Crippen LogP contribution in [0.3, 0.4) is 0 Å². The van der Waals surface area contributed by atoms with Crippen LogP contribution in [0.1, 0.15) is 53.0 Å². The maximum atomic E-state index is 6.53. The van der Waals surface area contributed by atoms with E-state index in [2.05, 4.69) is 65.9 Å². The van der Waals surface area contributed by atoms with Crippen LogP contribution in [0.2, 0.25) is 18.1 Å². The van der Waals surface area contributed by atoms with Gasteiger partial charge in [0.05, 0.1) is 7.11 Å². The quantitative estimate of drug-likeness (QED) is 0.579. The van der Waals surface area contributed by atoms with Gasteiger partial charge in [-0.25, -0.2) is 0 Å². The van der Waals surface area contributed by atoms with E-state index < -0.39 is 8.32 Å². The Bertz CT molecular complexity index is 629. The molecule has 0 aromatic heterocycles. The molecule has 1 aromatic rings. The molecule has 0 bridgehead atoms. The highest BCUT2D eigenvalue weighted by molar-refractivity contribution is 6.74. The zero-order chi connectivity index (χ0) is 18.8. The van der Waals surface area contributed by atoms with Gasteiger partial charge in [0, 0.05) is 5.56 Å². The molecule has 3 nitrogen and oxygen atoms in total. The third-order valence-corrected chi connectivity index (χ3v) is 9.95. The van der Waals surface area contributed by atoms with Gasteiger partial charge in [-0.2, -0.15) is 0 Å². The minimum absolute atomic E-state index is 0.136. The minimum Gasteiger partial charge on any atom is -0.541 e. The van der Waals surface area contributed by atoms with E-state index in [0.29, 0.717) is 5.92 Å². The highest BCUT2D eigenvalue weighted by Gasteiger charge is 2.39. The van der Waals surface area contributed by atoms with E-state index in [4.69, 9.17) is 13.9 Å². The molecule has 4 heteroatoms. The Balaban J connectivity index is 2.34. The average molecular weight is 363 g/mol. The summed E-state index contributed by atoms with van der Waals surface area (Å²) in [5.41, 5.74) is 1.07. The summed E-state index contributed by atoms with van der Waals surface area (Å²) in [6, 6.07) is 6.13. The zero-order valence-electron chi connectivity index (χ0n) is 17.1. The van der Waals surface area contributed by atoms with Gasteiger partial charge in [-0.1, -0.05) is 34.6 Å². The summed E-state index contributed by atoms with van der Waals surface area (Å²) in [6.45, 7) is 15.7. The van der Waals surface area contributed by atoms with Gasteiger partial charge in [-0.3, -0.25) is 0 Å². The summed E-state index contributed by atoms with van der Waals surface area (Å²) in [4.78, 5) is 0. The van der Waals surface area contributed by atoms with Gasteiger partial charge < -0.3 is 13.9 Å². The predicted octanol–water partition coefficient (Wildman–Crippen LogP) is 6.26. The van der Waals surface area contributed by atoms with E-state index in [1.54, 1.807) is 7.11 Å². The highest BCUT2D eigenvalue weighted by atomic mass is 28.4. The molecule has 1 aliphatic rings. The normalized spacial score (nSPS) is 21.4. The van der Waals surface area contributed by atoms with Crippen LogP contribution in [0, 0.1) is 5.92 Å². The molecule has 0 saturated carbocycles. The van der Waals surface area contributed by atoms with Crippen molar-refractivity contribution in [1.29, 1.82) is 0 Å². The van der Waals surface area contributed by atoms with Crippen LogP contribution in [0.4, 0.5) is 0 Å². The summed E-state index contributed by atoms with van der Waals surface area (Å²) in [5, 5.41) is 0.136. The molecule has 0 spiro atoms. The monoisotopic (exact) mass is 362 g/mol. The van der Waals surface area contributed by atoms with Gasteiger partial charge in [-0.05, 0) is 61.2 Å². The molecule has 140 valence electrons. The number of hydrogen-bond acceptors (Lipinski definition) is 3. The Labute approximate surface area is 154 Å². The number of rotatable bonds is 5. The van der Waals surface area contributed by atoms with Crippen molar-refractivity contribution in [2.75, 3.05) is 7.11 Å². The molecule has 25 heavy (non-hydrogen) atoms. The molecule has 0 aliphatic carbocycles. The second-order valence-corrected chi connectivity index (χ2v) is 13.3.